The molecule has 0 N–H and O–H groups in total. The van der Waals surface area contributed by atoms with E-state index in [4.69, 9.17) is 0 Å². The van der Waals surface area contributed by atoms with Gasteiger partial charge in [-0.25, -0.2) is 0 Å². The summed E-state index contributed by atoms with van der Waals surface area (Å²) >= 11 is 0. The first kappa shape index (κ1) is 26.3. The molecule has 0 atom stereocenters. The molecule has 0 aliphatic carbocycles. The van der Waals surface area contributed by atoms with Crippen molar-refractivity contribution < 1.29 is 184 Å². The summed E-state index contributed by atoms with van der Waals surface area (Å²) in [5.74, 6) is -4.74. The molecule has 0 heterocycles. The van der Waals surface area contributed by atoms with E-state index in [1.807, 2.05) is 0 Å². The number of carboxylic acids is 3. The zero-order valence-corrected chi connectivity index (χ0v) is 21.7. The van der Waals surface area contributed by atoms with Crippen molar-refractivity contribution in [1.82, 2.24) is 0 Å². The Hall–Kier alpha value is 2.02. The quantitative estimate of drug-likeness (QED) is 0.492. The number of carbonyl (C=O) groups excluding carboxylic acids is 3. The van der Waals surface area contributed by atoms with Gasteiger partial charge in [-0.1, -0.05) is 12.1 Å². The molecule has 2 aromatic rings. The van der Waals surface area contributed by atoms with Crippen LogP contribution in [0.2, 0.25) is 0 Å². The summed E-state index contributed by atoms with van der Waals surface area (Å²) in [5, 5.41) is 33.0. The van der Waals surface area contributed by atoms with Gasteiger partial charge in [0.1, 0.15) is 0 Å². The van der Waals surface area contributed by atoms with Crippen LogP contribution in [-0.2, 0) is 0 Å². The number of rotatable bonds is 3. The van der Waals surface area contributed by atoms with Gasteiger partial charge < -0.3 is 29.7 Å². The van der Waals surface area contributed by atoms with Crippen molar-refractivity contribution in [3.63, 3.8) is 0 Å². The van der Waals surface area contributed by atoms with Gasteiger partial charge in [0.25, 0.3) is 0 Å². The van der Waals surface area contributed by atoms with Gasteiger partial charge in [-0.2, -0.15) is 0 Å². The summed E-state index contributed by atoms with van der Waals surface area (Å²) in [6.45, 7) is 0. The molecule has 0 fully saturated rings. The second-order valence-electron chi connectivity index (χ2n) is 3.82. The van der Waals surface area contributed by atoms with Crippen LogP contribution in [0.25, 0.3) is 10.8 Å². The fraction of sp³-hybridized carbons (Fsp3) is 0. The van der Waals surface area contributed by atoms with E-state index < -0.39 is 29.0 Å². The maximum atomic E-state index is 10.9. The predicted molar refractivity (Wildman–Crippen MR) is 56.9 cm³/mol. The van der Waals surface area contributed by atoms with E-state index in [2.05, 4.69) is 0 Å². The first-order chi connectivity index (χ1) is 8.90. The van der Waals surface area contributed by atoms with Gasteiger partial charge in [-0.05, 0) is 34.5 Å². The Morgan fingerprint density at radius 2 is 1.09 bits per heavy atom. The summed E-state index contributed by atoms with van der Waals surface area (Å²) in [7, 11) is 0. The van der Waals surface area contributed by atoms with Crippen LogP contribution in [0.5, 0.6) is 0 Å². The monoisotopic (exact) mass is 374 g/mol. The number of hydrogen-bond donors (Lipinski definition) is 0. The number of benzene rings is 2. The van der Waals surface area contributed by atoms with Gasteiger partial charge in [-0.3, -0.25) is 0 Å². The van der Waals surface area contributed by atoms with E-state index >= 15 is 0 Å². The smallest absolute Gasteiger partial charge is 0.545 e. The van der Waals surface area contributed by atoms with Gasteiger partial charge in [0.15, 0.2) is 0 Å². The van der Waals surface area contributed by atoms with Crippen molar-refractivity contribution in [2.24, 2.45) is 0 Å². The zero-order valence-electron chi connectivity index (χ0n) is 12.3. The number of fused-ring (bicyclic) bond motifs is 1. The minimum absolute atomic E-state index is 0. The molecule has 6 nitrogen and oxygen atoms in total. The third-order valence-corrected chi connectivity index (χ3v) is 2.65. The molecule has 0 radical (unpaired) electrons. The molecule has 0 spiro atoms. The van der Waals surface area contributed by atoms with Crippen LogP contribution in [0.3, 0.4) is 0 Å². The SMILES string of the molecule is O=C([O-])c1ccc2cc(C(=O)[O-])c(C(=O)[O-])cc2c1.[K+].[K+].[K+]. The van der Waals surface area contributed by atoms with Crippen molar-refractivity contribution in [3.05, 3.63) is 47.0 Å². The predicted octanol–water partition coefficient (Wildman–Crippen LogP) is -11.1. The second kappa shape index (κ2) is 11.6. The van der Waals surface area contributed by atoms with Crippen molar-refractivity contribution in [1.29, 1.82) is 0 Å². The number of hydrogen-bond acceptors (Lipinski definition) is 6. The first-order valence-corrected chi connectivity index (χ1v) is 5.12. The number of carboxylic acid groups (broad SMARTS) is 3. The van der Waals surface area contributed by atoms with E-state index in [1.54, 1.807) is 0 Å². The number of aromatic carboxylic acids is 3. The van der Waals surface area contributed by atoms with E-state index in [9.17, 15) is 29.7 Å². The Morgan fingerprint density at radius 1 is 0.636 bits per heavy atom. The Labute approximate surface area is 253 Å². The van der Waals surface area contributed by atoms with Crippen molar-refractivity contribution in [2.45, 2.75) is 0 Å². The normalized spacial score (nSPS) is 8.91. The number of carbonyl (C=O) groups is 3. The molecular weight excluding hydrogens is 369 g/mol. The Bertz CT molecular complexity index is 729. The van der Waals surface area contributed by atoms with Crippen LogP contribution in [-0.4, -0.2) is 17.9 Å². The third-order valence-electron chi connectivity index (χ3n) is 2.65. The summed E-state index contributed by atoms with van der Waals surface area (Å²) in [6.07, 6.45) is 0. The molecule has 0 saturated carbocycles. The Balaban J connectivity index is 0. The summed E-state index contributed by atoms with van der Waals surface area (Å²) in [5.41, 5.74) is -1.23. The summed E-state index contributed by atoms with van der Waals surface area (Å²) < 4.78 is 0. The minimum Gasteiger partial charge on any atom is -0.545 e. The van der Waals surface area contributed by atoms with Crippen LogP contribution in [0.4, 0.5) is 0 Å². The molecular formula is C13H5K3O6. The van der Waals surface area contributed by atoms with Gasteiger partial charge in [0, 0.05) is 11.1 Å². The van der Waals surface area contributed by atoms with Gasteiger partial charge in [-0.15, -0.1) is 0 Å². The van der Waals surface area contributed by atoms with E-state index in [0.717, 1.165) is 12.1 Å². The van der Waals surface area contributed by atoms with Crippen LogP contribution in [0, 0.1) is 0 Å². The Kier molecular flexibility index (Phi) is 13.8. The zero-order chi connectivity index (χ0) is 14.2. The average molecular weight is 374 g/mol. The summed E-state index contributed by atoms with van der Waals surface area (Å²) in [4.78, 5) is 32.4. The summed E-state index contributed by atoms with van der Waals surface area (Å²) in [6, 6.07) is 5.90. The molecule has 2 aromatic carbocycles. The van der Waals surface area contributed by atoms with E-state index in [-0.39, 0.29) is 165 Å². The molecule has 9 heteroatoms. The van der Waals surface area contributed by atoms with Crippen molar-refractivity contribution in [3.8, 4) is 0 Å². The molecule has 0 aliphatic heterocycles. The molecule has 0 amide bonds. The largest absolute Gasteiger partial charge is 1.00 e. The molecule has 0 unspecified atom stereocenters. The van der Waals surface area contributed by atoms with Crippen LogP contribution < -0.4 is 169 Å². The molecule has 96 valence electrons. The molecule has 0 saturated heterocycles. The molecule has 0 aromatic heterocycles. The van der Waals surface area contributed by atoms with Gasteiger partial charge >= 0.3 is 154 Å². The third kappa shape index (κ3) is 6.39. The van der Waals surface area contributed by atoms with Crippen LogP contribution >= 0.6 is 0 Å². The maximum absolute atomic E-state index is 10.9. The fourth-order valence-electron chi connectivity index (χ4n) is 1.76. The standard InChI is InChI=1S/C13H8O6.3K/c14-11(15)7-2-1-6-4-9(12(16)17)10(13(18)19)5-8(6)3-7;;;/h1-5H,(H,14,15)(H,16,17)(H,18,19);;;/q;3*+1/p-3. The van der Waals surface area contributed by atoms with Crippen LogP contribution in [0.1, 0.15) is 31.1 Å². The van der Waals surface area contributed by atoms with Gasteiger partial charge in [0.05, 0.1) is 17.9 Å². The topological polar surface area (TPSA) is 120 Å². The van der Waals surface area contributed by atoms with E-state index in [0.29, 0.717) is 5.39 Å². The fourth-order valence-corrected chi connectivity index (χ4v) is 1.76. The first-order valence-electron chi connectivity index (χ1n) is 5.12. The Morgan fingerprint density at radius 3 is 1.50 bits per heavy atom. The average Bonchev–Trinajstić information content (AvgIpc) is 2.36. The maximum Gasteiger partial charge on any atom is 1.00 e. The van der Waals surface area contributed by atoms with Crippen LogP contribution in [0.15, 0.2) is 30.3 Å². The molecule has 0 bridgehead atoms. The minimum atomic E-state index is -1.68. The molecule has 2 rings (SSSR count). The van der Waals surface area contributed by atoms with E-state index in [1.165, 1.54) is 18.2 Å². The van der Waals surface area contributed by atoms with Gasteiger partial charge in [0.2, 0.25) is 0 Å². The van der Waals surface area contributed by atoms with Crippen molar-refractivity contribution >= 4 is 28.7 Å². The molecule has 22 heavy (non-hydrogen) atoms. The van der Waals surface area contributed by atoms with Crippen molar-refractivity contribution in [2.75, 3.05) is 0 Å². The second-order valence-corrected chi connectivity index (χ2v) is 3.82. The molecule has 0 aliphatic rings.